The maximum atomic E-state index is 13.0. The molecule has 19 heteroatoms. The molecule has 0 aromatic rings. The van der Waals surface area contributed by atoms with Gasteiger partial charge in [-0.15, -0.1) is 0 Å². The number of phosphoric ester groups is 2. The standard InChI is InChI=1S/C71H130O17P2/c1-5-9-13-17-21-25-28-30-32-34-37-40-44-48-52-56-69(74)82-62-67(88-71(76)58-54-50-46-42-38-35-33-31-29-26-22-18-14-10-6-2)64-86-90(79,80)84-60-65(72)59-83-89(77,78)85-63-66(61-81-68(73)55-51-47-43-39-24-20-16-12-8-4)87-70(75)57-53-49-45-41-36-27-23-19-15-11-7-3/h25-26,28-33,65-67,72H,5-24,27,34-64H2,1-4H3,(H,77,78)(H,79,80)/b28-25-,29-26-,32-30-,33-31-/t65-,66+,67+/m0/s1. The van der Waals surface area contributed by atoms with Crippen LogP contribution in [0.4, 0.5) is 0 Å². The van der Waals surface area contributed by atoms with Crippen LogP contribution in [0.15, 0.2) is 48.6 Å². The maximum Gasteiger partial charge on any atom is 0.472 e. The summed E-state index contributed by atoms with van der Waals surface area (Å²) in [6, 6.07) is 0. The average Bonchev–Trinajstić information content (AvgIpc) is 3.73. The van der Waals surface area contributed by atoms with E-state index in [4.69, 9.17) is 37.0 Å². The number of phosphoric acid groups is 2. The third-order valence-electron chi connectivity index (χ3n) is 15.4. The molecule has 0 amide bonds. The van der Waals surface area contributed by atoms with Crippen LogP contribution in [0.5, 0.6) is 0 Å². The van der Waals surface area contributed by atoms with Crippen LogP contribution in [0.2, 0.25) is 0 Å². The minimum atomic E-state index is -4.97. The molecule has 0 fully saturated rings. The van der Waals surface area contributed by atoms with Gasteiger partial charge in [-0.25, -0.2) is 9.13 Å². The van der Waals surface area contributed by atoms with Gasteiger partial charge in [-0.2, -0.15) is 0 Å². The summed E-state index contributed by atoms with van der Waals surface area (Å²) in [6.07, 6.45) is 58.4. The van der Waals surface area contributed by atoms with Gasteiger partial charge in [0.25, 0.3) is 0 Å². The number of carbonyl (C=O) groups is 4. The molecule has 17 nitrogen and oxygen atoms in total. The Morgan fingerprint density at radius 1 is 0.311 bits per heavy atom. The lowest BCUT2D eigenvalue weighted by Gasteiger charge is -2.21. The molecule has 0 aliphatic carbocycles. The van der Waals surface area contributed by atoms with E-state index < -0.39 is 97.5 Å². The van der Waals surface area contributed by atoms with Crippen molar-refractivity contribution in [2.45, 2.75) is 341 Å². The third-order valence-corrected chi connectivity index (χ3v) is 17.3. The van der Waals surface area contributed by atoms with E-state index >= 15 is 0 Å². The fourth-order valence-corrected chi connectivity index (χ4v) is 11.4. The van der Waals surface area contributed by atoms with Gasteiger partial charge in [-0.1, -0.05) is 269 Å². The van der Waals surface area contributed by atoms with Crippen molar-refractivity contribution in [3.05, 3.63) is 48.6 Å². The minimum Gasteiger partial charge on any atom is -0.462 e. The monoisotopic (exact) mass is 1320 g/mol. The Kier molecular flexibility index (Phi) is 62.6. The van der Waals surface area contributed by atoms with Gasteiger partial charge in [0.15, 0.2) is 12.2 Å². The predicted molar refractivity (Wildman–Crippen MR) is 363 cm³/mol. The topological polar surface area (TPSA) is 237 Å². The highest BCUT2D eigenvalue weighted by atomic mass is 31.2. The number of aliphatic hydroxyl groups is 1. The van der Waals surface area contributed by atoms with Crippen LogP contribution in [0, 0.1) is 0 Å². The Morgan fingerprint density at radius 2 is 0.533 bits per heavy atom. The Labute approximate surface area is 547 Å². The van der Waals surface area contributed by atoms with Crippen molar-refractivity contribution in [3.63, 3.8) is 0 Å². The lowest BCUT2D eigenvalue weighted by Crippen LogP contribution is -2.30. The lowest BCUT2D eigenvalue weighted by molar-refractivity contribution is -0.161. The molecule has 526 valence electrons. The highest BCUT2D eigenvalue weighted by Crippen LogP contribution is 2.45. The van der Waals surface area contributed by atoms with Gasteiger partial charge in [0.05, 0.1) is 26.4 Å². The molecule has 2 unspecified atom stereocenters. The van der Waals surface area contributed by atoms with Gasteiger partial charge in [-0.3, -0.25) is 37.3 Å². The molecule has 0 rings (SSSR count). The number of aliphatic hydroxyl groups excluding tert-OH is 1. The first kappa shape index (κ1) is 87.0. The van der Waals surface area contributed by atoms with Crippen molar-refractivity contribution in [1.29, 1.82) is 0 Å². The van der Waals surface area contributed by atoms with Crippen molar-refractivity contribution >= 4 is 39.5 Å². The summed E-state index contributed by atoms with van der Waals surface area (Å²) in [7, 11) is -9.92. The second kappa shape index (κ2) is 64.7. The maximum absolute atomic E-state index is 13.0. The Hall–Kier alpha value is -2.98. The van der Waals surface area contributed by atoms with Gasteiger partial charge < -0.3 is 33.8 Å². The van der Waals surface area contributed by atoms with Gasteiger partial charge in [0.1, 0.15) is 19.3 Å². The number of carbonyl (C=O) groups excluding carboxylic acids is 4. The Balaban J connectivity index is 5.31. The average molecular weight is 1320 g/mol. The highest BCUT2D eigenvalue weighted by molar-refractivity contribution is 7.47. The van der Waals surface area contributed by atoms with Crippen LogP contribution in [0.1, 0.15) is 323 Å². The van der Waals surface area contributed by atoms with E-state index in [2.05, 4.69) is 76.3 Å². The van der Waals surface area contributed by atoms with E-state index in [1.165, 1.54) is 122 Å². The summed E-state index contributed by atoms with van der Waals surface area (Å²) in [5.74, 6) is -2.18. The zero-order valence-corrected chi connectivity index (χ0v) is 58.9. The fraction of sp³-hybridized carbons (Fsp3) is 0.831. The van der Waals surface area contributed by atoms with E-state index in [9.17, 15) is 43.2 Å². The van der Waals surface area contributed by atoms with Crippen LogP contribution in [-0.4, -0.2) is 96.7 Å². The minimum absolute atomic E-state index is 0.0785. The molecule has 0 aliphatic heterocycles. The second-order valence-corrected chi connectivity index (χ2v) is 27.2. The summed E-state index contributed by atoms with van der Waals surface area (Å²) in [6.45, 7) is 4.79. The SMILES string of the molecule is CCCCCC/C=C\C=C/CCCCCCCC(=O)OC[C@H](COP(=O)(O)OC[C@@H](O)COP(=O)(O)OC[C@@H](COC(=O)CCCCCCCCCCC)OC(=O)CCCCCCCCCCCCC)OC(=O)CCCCCCC/C=C\C=C/CCCCCC. The first-order valence-electron chi connectivity index (χ1n) is 35.9. The van der Waals surface area contributed by atoms with E-state index in [1.807, 2.05) is 0 Å². The normalized spacial score (nSPS) is 14.3. The molecule has 90 heavy (non-hydrogen) atoms. The molecule has 5 atom stereocenters. The van der Waals surface area contributed by atoms with Crippen LogP contribution in [-0.2, 0) is 65.4 Å². The van der Waals surface area contributed by atoms with Crippen molar-refractivity contribution < 1.29 is 80.2 Å². The number of rotatable bonds is 68. The van der Waals surface area contributed by atoms with Crippen molar-refractivity contribution in [2.75, 3.05) is 39.6 Å². The molecule has 0 heterocycles. The zero-order chi connectivity index (χ0) is 66.1. The number of unbranched alkanes of at least 4 members (excludes halogenated alkanes) is 36. The number of ether oxygens (including phenoxy) is 4. The molecule has 0 aromatic carbocycles. The van der Waals surface area contributed by atoms with Crippen molar-refractivity contribution in [1.82, 2.24) is 0 Å². The van der Waals surface area contributed by atoms with Gasteiger partial charge in [0, 0.05) is 25.7 Å². The molecule has 0 bridgehead atoms. The molecule has 0 radical (unpaired) electrons. The van der Waals surface area contributed by atoms with E-state index in [0.717, 1.165) is 122 Å². The molecule has 0 aliphatic rings. The smallest absolute Gasteiger partial charge is 0.462 e. The number of hydrogen-bond donors (Lipinski definition) is 3. The largest absolute Gasteiger partial charge is 0.472 e. The quantitative estimate of drug-likeness (QED) is 0.0169. The lowest BCUT2D eigenvalue weighted by atomic mass is 10.1. The van der Waals surface area contributed by atoms with E-state index in [0.29, 0.717) is 25.7 Å². The summed E-state index contributed by atoms with van der Waals surface area (Å²) >= 11 is 0. The van der Waals surface area contributed by atoms with Crippen LogP contribution in [0.25, 0.3) is 0 Å². The highest BCUT2D eigenvalue weighted by Gasteiger charge is 2.30. The summed E-state index contributed by atoms with van der Waals surface area (Å²) in [5, 5.41) is 10.6. The second-order valence-electron chi connectivity index (χ2n) is 24.3. The molecule has 0 saturated carbocycles. The molecule has 0 spiro atoms. The summed E-state index contributed by atoms with van der Waals surface area (Å²) in [5.41, 5.74) is 0. The van der Waals surface area contributed by atoms with E-state index in [-0.39, 0.29) is 25.7 Å². The van der Waals surface area contributed by atoms with Crippen LogP contribution < -0.4 is 0 Å². The first-order valence-corrected chi connectivity index (χ1v) is 38.9. The third kappa shape index (κ3) is 63.8. The molecular weight excluding hydrogens is 1190 g/mol. The molecular formula is C71H130O17P2. The van der Waals surface area contributed by atoms with Crippen molar-refractivity contribution in [2.24, 2.45) is 0 Å². The number of allylic oxidation sites excluding steroid dienone is 8. The Bertz CT molecular complexity index is 1910. The van der Waals surface area contributed by atoms with Crippen molar-refractivity contribution in [3.8, 4) is 0 Å². The van der Waals surface area contributed by atoms with E-state index in [1.54, 1.807) is 0 Å². The van der Waals surface area contributed by atoms with Crippen LogP contribution in [0.3, 0.4) is 0 Å². The number of hydrogen-bond acceptors (Lipinski definition) is 15. The van der Waals surface area contributed by atoms with Crippen LogP contribution >= 0.6 is 15.6 Å². The van der Waals surface area contributed by atoms with Gasteiger partial charge in [0.2, 0.25) is 0 Å². The molecule has 0 aromatic heterocycles. The fourth-order valence-electron chi connectivity index (χ4n) is 9.79. The van der Waals surface area contributed by atoms with Gasteiger partial charge in [-0.05, 0) is 77.0 Å². The molecule has 3 N–H and O–H groups in total. The summed E-state index contributed by atoms with van der Waals surface area (Å²) in [4.78, 5) is 72.5. The summed E-state index contributed by atoms with van der Waals surface area (Å²) < 4.78 is 68.2. The number of esters is 4. The molecule has 0 saturated heterocycles. The Morgan fingerprint density at radius 3 is 0.811 bits per heavy atom. The predicted octanol–water partition coefficient (Wildman–Crippen LogP) is 19.8. The first-order chi connectivity index (χ1) is 43.7. The zero-order valence-electron chi connectivity index (χ0n) is 57.1. The van der Waals surface area contributed by atoms with Gasteiger partial charge >= 0.3 is 39.5 Å².